The van der Waals surface area contributed by atoms with Crippen molar-refractivity contribution >= 4 is 0 Å². The molecule has 1 fully saturated rings. The van der Waals surface area contributed by atoms with Crippen LogP contribution in [0.5, 0.6) is 0 Å². The molecule has 3 heteroatoms. The van der Waals surface area contributed by atoms with Crippen LogP contribution >= 0.6 is 0 Å². The van der Waals surface area contributed by atoms with Crippen molar-refractivity contribution in [2.75, 3.05) is 26.9 Å². The molecule has 1 saturated carbocycles. The zero-order chi connectivity index (χ0) is 11.1. The van der Waals surface area contributed by atoms with Gasteiger partial charge in [-0.15, -0.1) is 0 Å². The first-order valence-corrected chi connectivity index (χ1v) is 6.11. The quantitative estimate of drug-likeness (QED) is 0.704. The van der Waals surface area contributed by atoms with Gasteiger partial charge >= 0.3 is 0 Å². The Balaban J connectivity index is 2.22. The molecule has 3 unspecified atom stereocenters. The second-order valence-electron chi connectivity index (χ2n) is 4.75. The van der Waals surface area contributed by atoms with Gasteiger partial charge in [0.05, 0.1) is 6.61 Å². The Kier molecular flexibility index (Phi) is 6.22. The lowest BCUT2D eigenvalue weighted by Crippen LogP contribution is -2.38. The highest BCUT2D eigenvalue weighted by Crippen LogP contribution is 2.29. The normalized spacial score (nSPS) is 29.0. The molecule has 0 aromatic heterocycles. The fourth-order valence-electron chi connectivity index (χ4n) is 2.46. The summed E-state index contributed by atoms with van der Waals surface area (Å²) in [5.41, 5.74) is 0. The highest BCUT2D eigenvalue weighted by molar-refractivity contribution is 4.77. The Morgan fingerprint density at radius 1 is 1.33 bits per heavy atom. The van der Waals surface area contributed by atoms with E-state index in [4.69, 9.17) is 4.74 Å². The van der Waals surface area contributed by atoms with Crippen LogP contribution < -0.4 is 5.32 Å². The molecule has 0 spiro atoms. The minimum absolute atomic E-state index is 0.352. The summed E-state index contributed by atoms with van der Waals surface area (Å²) in [6, 6.07) is 0.413. The van der Waals surface area contributed by atoms with E-state index in [-0.39, 0.29) is 0 Å². The van der Waals surface area contributed by atoms with E-state index in [1.54, 1.807) is 7.11 Å². The number of aliphatic hydroxyl groups is 1. The topological polar surface area (TPSA) is 41.5 Å². The number of hydrogen-bond donors (Lipinski definition) is 2. The van der Waals surface area contributed by atoms with E-state index in [2.05, 4.69) is 12.2 Å². The van der Waals surface area contributed by atoms with Gasteiger partial charge < -0.3 is 15.2 Å². The number of rotatable bonds is 6. The number of nitrogens with one attached hydrogen (secondary N) is 1. The van der Waals surface area contributed by atoms with Crippen molar-refractivity contribution in [3.63, 3.8) is 0 Å². The molecule has 1 rings (SSSR count). The largest absolute Gasteiger partial charge is 0.396 e. The summed E-state index contributed by atoms with van der Waals surface area (Å²) < 4.78 is 5.08. The average Bonchev–Trinajstić information content (AvgIpc) is 2.27. The molecule has 0 aliphatic heterocycles. The Hall–Kier alpha value is -0.120. The highest BCUT2D eigenvalue weighted by atomic mass is 16.5. The van der Waals surface area contributed by atoms with Crippen molar-refractivity contribution < 1.29 is 9.84 Å². The van der Waals surface area contributed by atoms with Crippen molar-refractivity contribution in [1.82, 2.24) is 5.32 Å². The van der Waals surface area contributed by atoms with Crippen molar-refractivity contribution in [2.24, 2.45) is 11.8 Å². The van der Waals surface area contributed by atoms with Crippen LogP contribution in [0.1, 0.15) is 32.6 Å². The third-order valence-corrected chi connectivity index (χ3v) is 3.45. The summed E-state index contributed by atoms with van der Waals surface area (Å²) in [4.78, 5) is 0. The van der Waals surface area contributed by atoms with Crippen molar-refractivity contribution in [2.45, 2.75) is 38.6 Å². The van der Waals surface area contributed by atoms with Crippen LogP contribution in [-0.4, -0.2) is 38.0 Å². The molecule has 0 radical (unpaired) electrons. The molecule has 0 aromatic carbocycles. The molecule has 2 N–H and O–H groups in total. The van der Waals surface area contributed by atoms with Gasteiger partial charge in [-0.3, -0.25) is 0 Å². The fraction of sp³-hybridized carbons (Fsp3) is 1.00. The maximum absolute atomic E-state index is 9.28. The monoisotopic (exact) mass is 215 g/mol. The molecule has 0 heterocycles. The first-order chi connectivity index (χ1) is 7.27. The van der Waals surface area contributed by atoms with Crippen LogP contribution in [0.15, 0.2) is 0 Å². The average molecular weight is 215 g/mol. The standard InChI is InChI=1S/C12H25NO2/c1-10(9-15-2)13-7-11-5-3-4-6-12(11)8-14/h10-14H,3-9H2,1-2H3. The third kappa shape index (κ3) is 4.49. The van der Waals surface area contributed by atoms with Crippen molar-refractivity contribution in [3.8, 4) is 0 Å². The van der Waals surface area contributed by atoms with E-state index < -0.39 is 0 Å². The third-order valence-electron chi connectivity index (χ3n) is 3.45. The lowest BCUT2D eigenvalue weighted by atomic mass is 9.79. The first kappa shape index (κ1) is 12.9. The molecule has 3 nitrogen and oxygen atoms in total. The van der Waals surface area contributed by atoms with E-state index in [0.29, 0.717) is 24.5 Å². The summed E-state index contributed by atoms with van der Waals surface area (Å²) in [5.74, 6) is 1.17. The molecule has 1 aliphatic carbocycles. The van der Waals surface area contributed by atoms with Crippen LogP contribution in [0.4, 0.5) is 0 Å². The molecule has 15 heavy (non-hydrogen) atoms. The second kappa shape index (κ2) is 7.20. The van der Waals surface area contributed by atoms with Crippen LogP contribution in [0.3, 0.4) is 0 Å². The zero-order valence-corrected chi connectivity index (χ0v) is 10.0. The predicted molar refractivity (Wildman–Crippen MR) is 61.9 cm³/mol. The second-order valence-corrected chi connectivity index (χ2v) is 4.75. The van der Waals surface area contributed by atoms with E-state index in [9.17, 15) is 5.11 Å². The fourth-order valence-corrected chi connectivity index (χ4v) is 2.46. The molecule has 0 amide bonds. The summed E-state index contributed by atoms with van der Waals surface area (Å²) >= 11 is 0. The maximum Gasteiger partial charge on any atom is 0.0613 e. The summed E-state index contributed by atoms with van der Waals surface area (Å²) in [5, 5.41) is 12.8. The smallest absolute Gasteiger partial charge is 0.0613 e. The Morgan fingerprint density at radius 3 is 2.60 bits per heavy atom. The minimum Gasteiger partial charge on any atom is -0.396 e. The Labute approximate surface area is 93.2 Å². The van der Waals surface area contributed by atoms with Gasteiger partial charge in [-0.25, -0.2) is 0 Å². The SMILES string of the molecule is COCC(C)NCC1CCCCC1CO. The highest BCUT2D eigenvalue weighted by Gasteiger charge is 2.24. The molecular formula is C12H25NO2. The summed E-state index contributed by atoms with van der Waals surface area (Å²) in [7, 11) is 1.73. The molecule has 90 valence electrons. The van der Waals surface area contributed by atoms with Gasteiger partial charge in [0.15, 0.2) is 0 Å². The van der Waals surface area contributed by atoms with E-state index >= 15 is 0 Å². The van der Waals surface area contributed by atoms with Crippen LogP contribution in [-0.2, 0) is 4.74 Å². The Morgan fingerprint density at radius 2 is 2.00 bits per heavy atom. The first-order valence-electron chi connectivity index (χ1n) is 6.11. The van der Waals surface area contributed by atoms with E-state index in [1.165, 1.54) is 25.7 Å². The summed E-state index contributed by atoms with van der Waals surface area (Å²) in [6.45, 7) is 4.28. The number of ether oxygens (including phenoxy) is 1. The molecule has 3 atom stereocenters. The maximum atomic E-state index is 9.28. The van der Waals surface area contributed by atoms with E-state index in [0.717, 1.165) is 13.2 Å². The van der Waals surface area contributed by atoms with Gasteiger partial charge in [-0.1, -0.05) is 12.8 Å². The molecular weight excluding hydrogens is 190 g/mol. The molecule has 0 aromatic rings. The summed E-state index contributed by atoms with van der Waals surface area (Å²) in [6.07, 6.45) is 5.07. The lowest BCUT2D eigenvalue weighted by molar-refractivity contribution is 0.123. The molecule has 0 saturated heterocycles. The van der Waals surface area contributed by atoms with Crippen molar-refractivity contribution in [3.05, 3.63) is 0 Å². The van der Waals surface area contributed by atoms with E-state index in [1.807, 2.05) is 0 Å². The Bertz CT molecular complexity index is 164. The van der Waals surface area contributed by atoms with Crippen LogP contribution in [0.2, 0.25) is 0 Å². The zero-order valence-electron chi connectivity index (χ0n) is 10.0. The van der Waals surface area contributed by atoms with Gasteiger partial charge in [0.1, 0.15) is 0 Å². The van der Waals surface area contributed by atoms with Crippen LogP contribution in [0, 0.1) is 11.8 Å². The number of aliphatic hydroxyl groups excluding tert-OH is 1. The van der Waals surface area contributed by atoms with Gasteiger partial charge in [-0.2, -0.15) is 0 Å². The van der Waals surface area contributed by atoms with Gasteiger partial charge in [0, 0.05) is 19.8 Å². The minimum atomic E-state index is 0.352. The molecule has 1 aliphatic rings. The predicted octanol–water partition coefficient (Wildman–Crippen LogP) is 1.41. The lowest BCUT2D eigenvalue weighted by Gasteiger charge is -2.31. The van der Waals surface area contributed by atoms with Crippen LogP contribution in [0.25, 0.3) is 0 Å². The van der Waals surface area contributed by atoms with Crippen molar-refractivity contribution in [1.29, 1.82) is 0 Å². The van der Waals surface area contributed by atoms with Gasteiger partial charge in [-0.05, 0) is 38.1 Å². The number of methoxy groups -OCH3 is 1. The molecule has 0 bridgehead atoms. The number of hydrogen-bond acceptors (Lipinski definition) is 3. The van der Waals surface area contributed by atoms with Gasteiger partial charge in [0.2, 0.25) is 0 Å². The van der Waals surface area contributed by atoms with Gasteiger partial charge in [0.25, 0.3) is 0 Å².